The highest BCUT2D eigenvalue weighted by Gasteiger charge is 2.18. The van der Waals surface area contributed by atoms with Gasteiger partial charge in [0.15, 0.2) is 0 Å². The van der Waals surface area contributed by atoms with Crippen LogP contribution in [0.25, 0.3) is 21.3 Å². The monoisotopic (exact) mass is 448 g/mol. The lowest BCUT2D eigenvalue weighted by Gasteiger charge is -2.11. The first kappa shape index (κ1) is 21.5. The molecule has 0 atom stereocenters. The molecular formula is C24H20N2O5S. The molecule has 0 bridgehead atoms. The minimum absolute atomic E-state index is 0.162. The van der Waals surface area contributed by atoms with Crippen LogP contribution in [0.3, 0.4) is 0 Å². The van der Waals surface area contributed by atoms with E-state index in [0.717, 1.165) is 21.3 Å². The summed E-state index contributed by atoms with van der Waals surface area (Å²) in [5.41, 5.74) is 4.68. The van der Waals surface area contributed by atoms with E-state index in [1.54, 1.807) is 0 Å². The molecule has 2 heterocycles. The molecule has 0 spiro atoms. The molecule has 0 amide bonds. The van der Waals surface area contributed by atoms with Crippen LogP contribution in [-0.2, 0) is 9.47 Å². The number of esters is 2. The summed E-state index contributed by atoms with van der Waals surface area (Å²) in [5, 5.41) is 2.77. The minimum atomic E-state index is -0.597. The molecule has 7 nitrogen and oxygen atoms in total. The number of hydrogen-bond donors (Lipinski definition) is 0. The quantitative estimate of drug-likeness (QED) is 0.381. The molecule has 2 aromatic heterocycles. The van der Waals surface area contributed by atoms with Crippen molar-refractivity contribution in [2.45, 2.75) is 13.8 Å². The number of carbonyl (C=O) groups is 2. The van der Waals surface area contributed by atoms with E-state index in [-0.39, 0.29) is 16.9 Å². The largest absolute Gasteiger partial charge is 0.465 e. The number of ether oxygens (including phenoxy) is 3. The maximum absolute atomic E-state index is 12.1. The average Bonchev–Trinajstić information content (AvgIpc) is 3.25. The molecular weight excluding hydrogens is 428 g/mol. The molecule has 0 aliphatic heterocycles. The molecule has 0 saturated heterocycles. The molecule has 0 unspecified atom stereocenters. The molecule has 0 saturated carbocycles. The zero-order valence-corrected chi connectivity index (χ0v) is 18.8. The fraction of sp³-hybridized carbons (Fsp3) is 0.167. The van der Waals surface area contributed by atoms with Crippen molar-refractivity contribution in [3.63, 3.8) is 0 Å². The molecule has 162 valence electrons. The Balaban J connectivity index is 1.83. The number of hydrogen-bond acceptors (Lipinski definition) is 8. The van der Waals surface area contributed by atoms with E-state index in [0.29, 0.717) is 5.88 Å². The fourth-order valence-corrected chi connectivity index (χ4v) is 4.19. The summed E-state index contributed by atoms with van der Waals surface area (Å²) in [6.07, 6.45) is 1.42. The summed E-state index contributed by atoms with van der Waals surface area (Å²) in [4.78, 5) is 33.7. The second-order valence-corrected chi connectivity index (χ2v) is 8.00. The highest BCUT2D eigenvalue weighted by molar-refractivity contribution is 7.17. The van der Waals surface area contributed by atoms with E-state index in [4.69, 9.17) is 14.2 Å². The Morgan fingerprint density at radius 3 is 2.19 bits per heavy atom. The number of aromatic nitrogens is 2. The molecule has 8 heteroatoms. The van der Waals surface area contributed by atoms with Crippen molar-refractivity contribution in [1.82, 2.24) is 9.97 Å². The van der Waals surface area contributed by atoms with Gasteiger partial charge in [-0.15, -0.1) is 11.3 Å². The number of benzene rings is 2. The van der Waals surface area contributed by atoms with E-state index in [1.165, 1.54) is 61.2 Å². The first-order valence-corrected chi connectivity index (χ1v) is 10.6. The Morgan fingerprint density at radius 2 is 1.56 bits per heavy atom. The van der Waals surface area contributed by atoms with Crippen molar-refractivity contribution in [2.75, 3.05) is 14.2 Å². The summed E-state index contributed by atoms with van der Waals surface area (Å²) < 4.78 is 15.7. The number of nitrogens with zero attached hydrogens (tertiary/aromatic N) is 2. The van der Waals surface area contributed by atoms with Crippen LogP contribution < -0.4 is 4.74 Å². The van der Waals surface area contributed by atoms with Crippen molar-refractivity contribution in [3.05, 3.63) is 70.4 Å². The van der Waals surface area contributed by atoms with Crippen LogP contribution in [-0.4, -0.2) is 36.1 Å². The van der Waals surface area contributed by atoms with Crippen LogP contribution in [0.1, 0.15) is 31.8 Å². The standard InChI is InChI=1S/C24H20N2O5S/c1-13-5-6-15(7-14(13)2)19-11-32-22-20(19)21(25-12-26-22)31-18-9-16(23(27)29-3)8-17(10-18)24(28)30-4/h5-12H,1-4H3. The maximum Gasteiger partial charge on any atom is 0.338 e. The Labute approximate surface area is 188 Å². The van der Waals surface area contributed by atoms with Gasteiger partial charge in [0.25, 0.3) is 0 Å². The van der Waals surface area contributed by atoms with Crippen LogP contribution in [0.4, 0.5) is 0 Å². The highest BCUT2D eigenvalue weighted by Crippen LogP contribution is 2.39. The summed E-state index contributed by atoms with van der Waals surface area (Å²) in [7, 11) is 2.53. The molecule has 32 heavy (non-hydrogen) atoms. The van der Waals surface area contributed by atoms with Crippen LogP contribution in [0, 0.1) is 13.8 Å². The third-order valence-corrected chi connectivity index (χ3v) is 6.00. The first-order valence-electron chi connectivity index (χ1n) is 9.70. The normalized spacial score (nSPS) is 10.8. The van der Waals surface area contributed by atoms with Crippen molar-refractivity contribution in [1.29, 1.82) is 0 Å². The summed E-state index contributed by atoms with van der Waals surface area (Å²) >= 11 is 1.49. The molecule has 4 rings (SSSR count). The number of aryl methyl sites for hydroxylation is 2. The van der Waals surface area contributed by atoms with Crippen LogP contribution in [0.15, 0.2) is 48.1 Å². The van der Waals surface area contributed by atoms with Gasteiger partial charge in [0, 0.05) is 10.9 Å². The second kappa shape index (κ2) is 8.76. The number of fused-ring (bicyclic) bond motifs is 1. The van der Waals surface area contributed by atoms with Gasteiger partial charge >= 0.3 is 11.9 Å². The smallest absolute Gasteiger partial charge is 0.338 e. The highest BCUT2D eigenvalue weighted by atomic mass is 32.1. The number of rotatable bonds is 5. The van der Waals surface area contributed by atoms with Gasteiger partial charge in [-0.05, 0) is 48.7 Å². The summed E-state index contributed by atoms with van der Waals surface area (Å²) in [6.45, 7) is 4.13. The van der Waals surface area contributed by atoms with Crippen LogP contribution in [0.2, 0.25) is 0 Å². The Morgan fingerprint density at radius 1 is 0.875 bits per heavy atom. The number of thiophene rings is 1. The Kier molecular flexibility index (Phi) is 5.87. The maximum atomic E-state index is 12.1. The first-order chi connectivity index (χ1) is 15.4. The molecule has 0 N–H and O–H groups in total. The number of carbonyl (C=O) groups excluding carboxylic acids is 2. The predicted molar refractivity (Wildman–Crippen MR) is 122 cm³/mol. The van der Waals surface area contributed by atoms with Gasteiger partial charge in [0.1, 0.15) is 16.9 Å². The molecule has 0 radical (unpaired) electrons. The van der Waals surface area contributed by atoms with Crippen molar-refractivity contribution in [3.8, 4) is 22.8 Å². The van der Waals surface area contributed by atoms with Gasteiger partial charge in [-0.1, -0.05) is 18.2 Å². The zero-order chi connectivity index (χ0) is 22.8. The van der Waals surface area contributed by atoms with Gasteiger partial charge in [-0.2, -0.15) is 0 Å². The van der Waals surface area contributed by atoms with Gasteiger partial charge < -0.3 is 14.2 Å². The molecule has 2 aromatic carbocycles. The van der Waals surface area contributed by atoms with Gasteiger partial charge in [0.2, 0.25) is 5.88 Å². The molecule has 0 fully saturated rings. The lowest BCUT2D eigenvalue weighted by molar-refractivity contribution is 0.0598. The number of methoxy groups -OCH3 is 2. The van der Waals surface area contributed by atoms with Gasteiger partial charge in [-0.25, -0.2) is 19.6 Å². The van der Waals surface area contributed by atoms with E-state index >= 15 is 0 Å². The van der Waals surface area contributed by atoms with E-state index in [9.17, 15) is 9.59 Å². The van der Waals surface area contributed by atoms with Crippen molar-refractivity contribution in [2.24, 2.45) is 0 Å². The Hall–Kier alpha value is -3.78. The molecule has 4 aromatic rings. The van der Waals surface area contributed by atoms with E-state index in [2.05, 4.69) is 35.9 Å². The topological polar surface area (TPSA) is 87.6 Å². The summed E-state index contributed by atoms with van der Waals surface area (Å²) in [6, 6.07) is 10.6. The van der Waals surface area contributed by atoms with Crippen molar-refractivity contribution >= 4 is 33.5 Å². The zero-order valence-electron chi connectivity index (χ0n) is 18.0. The molecule has 0 aliphatic carbocycles. The fourth-order valence-electron chi connectivity index (χ4n) is 3.29. The van der Waals surface area contributed by atoms with Gasteiger partial charge in [-0.3, -0.25) is 0 Å². The summed E-state index contributed by atoms with van der Waals surface area (Å²) in [5.74, 6) is -0.618. The van der Waals surface area contributed by atoms with Crippen LogP contribution in [0.5, 0.6) is 11.6 Å². The average molecular weight is 449 g/mol. The minimum Gasteiger partial charge on any atom is -0.465 e. The lowest BCUT2D eigenvalue weighted by Crippen LogP contribution is -2.07. The molecule has 0 aliphatic rings. The van der Waals surface area contributed by atoms with E-state index < -0.39 is 11.9 Å². The third kappa shape index (κ3) is 4.04. The van der Waals surface area contributed by atoms with E-state index in [1.807, 2.05) is 11.4 Å². The lowest BCUT2D eigenvalue weighted by atomic mass is 10.0. The van der Waals surface area contributed by atoms with Crippen LogP contribution >= 0.6 is 11.3 Å². The van der Waals surface area contributed by atoms with Gasteiger partial charge in [0.05, 0.1) is 30.7 Å². The van der Waals surface area contributed by atoms with Crippen molar-refractivity contribution < 1.29 is 23.8 Å². The third-order valence-electron chi connectivity index (χ3n) is 5.12. The second-order valence-electron chi connectivity index (χ2n) is 7.14. The predicted octanol–water partition coefficient (Wildman–Crippen LogP) is 5.34. The Bertz CT molecular complexity index is 1310. The SMILES string of the molecule is COC(=O)c1cc(Oc2ncnc3scc(-c4ccc(C)c(C)c4)c23)cc(C(=O)OC)c1.